The number of benzene rings is 1. The van der Waals surface area contributed by atoms with Gasteiger partial charge in [-0.2, -0.15) is 0 Å². The molecule has 1 aromatic carbocycles. The summed E-state index contributed by atoms with van der Waals surface area (Å²) in [5.74, 6) is -0.441. The maximum absolute atomic E-state index is 11.7. The fourth-order valence-corrected chi connectivity index (χ4v) is 4.60. The highest BCUT2D eigenvalue weighted by Gasteiger charge is 2.40. The van der Waals surface area contributed by atoms with E-state index in [4.69, 9.17) is 4.74 Å². The first-order valence-electron chi connectivity index (χ1n) is 12.5. The molecule has 9 nitrogen and oxygen atoms in total. The van der Waals surface area contributed by atoms with Crippen molar-refractivity contribution in [3.63, 3.8) is 0 Å². The second kappa shape index (κ2) is 16.2. The molecule has 1 saturated carbocycles. The Morgan fingerprint density at radius 3 is 2.57 bits per heavy atom. The molecule has 35 heavy (non-hydrogen) atoms. The number of hydrogen-bond donors (Lipinski definition) is 3. The molecule has 0 aliphatic heterocycles. The van der Waals surface area contributed by atoms with Gasteiger partial charge in [0.1, 0.15) is 0 Å². The van der Waals surface area contributed by atoms with Gasteiger partial charge in [-0.1, -0.05) is 42.5 Å². The second-order valence-electron chi connectivity index (χ2n) is 9.18. The summed E-state index contributed by atoms with van der Waals surface area (Å²) in [5, 5.41) is 40.4. The number of hydrogen-bond acceptors (Lipinski definition) is 8. The lowest BCUT2D eigenvalue weighted by Crippen LogP contribution is -2.23. The number of aliphatic hydroxyl groups excluding tert-OH is 3. The minimum absolute atomic E-state index is 0.0460. The van der Waals surface area contributed by atoms with Crippen LogP contribution in [-0.4, -0.2) is 57.9 Å². The smallest absolute Gasteiger partial charge is 0.305 e. The minimum Gasteiger partial charge on any atom is -0.466 e. The lowest BCUT2D eigenvalue weighted by atomic mass is 9.85. The summed E-state index contributed by atoms with van der Waals surface area (Å²) in [6.07, 6.45) is 8.01. The van der Waals surface area contributed by atoms with Gasteiger partial charge < -0.3 is 24.9 Å². The summed E-state index contributed by atoms with van der Waals surface area (Å²) in [6, 6.07) is 10.0. The molecule has 0 saturated heterocycles. The number of unbranched alkanes of at least 4 members (excludes halogenated alkanes) is 1. The number of esters is 1. The first kappa shape index (κ1) is 28.7. The standard InChI is InChI=1S/C26H39NO8/c28-21(14-13-20-9-4-3-5-10-20)15-16-23-22(24(29)19-25(23)30)11-6-1-2-7-12-26(31)34-17-8-18-35-27(32)33/h1,3-6,9-10,21-25,28-30H,2,7-8,11-19H2/b6-1-/t21?,22-,23-,24-,25-/m0/s1. The maximum atomic E-state index is 11.7. The predicted octanol–water partition coefficient (Wildman–Crippen LogP) is 3.38. The van der Waals surface area contributed by atoms with Crippen molar-refractivity contribution in [1.29, 1.82) is 0 Å². The van der Waals surface area contributed by atoms with Crippen LogP contribution < -0.4 is 0 Å². The first-order valence-corrected chi connectivity index (χ1v) is 12.5. The predicted molar refractivity (Wildman–Crippen MR) is 130 cm³/mol. The van der Waals surface area contributed by atoms with Crippen molar-refractivity contribution in [2.75, 3.05) is 13.2 Å². The molecule has 0 spiro atoms. The van der Waals surface area contributed by atoms with Crippen molar-refractivity contribution in [2.45, 2.75) is 82.5 Å². The summed E-state index contributed by atoms with van der Waals surface area (Å²) in [5.41, 5.74) is 1.20. The molecule has 1 aromatic rings. The largest absolute Gasteiger partial charge is 0.466 e. The zero-order valence-electron chi connectivity index (χ0n) is 20.2. The Hall–Kier alpha value is -2.49. The Balaban J connectivity index is 1.62. The average molecular weight is 494 g/mol. The molecule has 1 aliphatic rings. The number of carbonyl (C=O) groups is 1. The number of nitrogens with zero attached hydrogens (tertiary/aromatic N) is 1. The fourth-order valence-electron chi connectivity index (χ4n) is 4.60. The number of rotatable bonds is 17. The van der Waals surface area contributed by atoms with Crippen LogP contribution in [-0.2, 0) is 20.8 Å². The van der Waals surface area contributed by atoms with E-state index in [1.807, 2.05) is 42.5 Å². The molecule has 0 radical (unpaired) electrons. The van der Waals surface area contributed by atoms with Crippen molar-refractivity contribution >= 4 is 5.97 Å². The van der Waals surface area contributed by atoms with Gasteiger partial charge in [0.25, 0.3) is 5.09 Å². The van der Waals surface area contributed by atoms with Crippen LogP contribution in [0.3, 0.4) is 0 Å². The van der Waals surface area contributed by atoms with Crippen molar-refractivity contribution < 1.29 is 34.8 Å². The van der Waals surface area contributed by atoms with Crippen LogP contribution in [0.4, 0.5) is 0 Å². The van der Waals surface area contributed by atoms with Crippen LogP contribution in [0.15, 0.2) is 42.5 Å². The molecule has 1 aliphatic carbocycles. The maximum Gasteiger partial charge on any atom is 0.305 e. The van der Waals surface area contributed by atoms with Crippen LogP contribution in [0.1, 0.15) is 63.4 Å². The van der Waals surface area contributed by atoms with E-state index in [0.717, 1.165) is 6.42 Å². The highest BCUT2D eigenvalue weighted by Crippen LogP contribution is 2.38. The monoisotopic (exact) mass is 493 g/mol. The summed E-state index contributed by atoms with van der Waals surface area (Å²) in [7, 11) is 0. The first-order chi connectivity index (χ1) is 16.9. The third-order valence-electron chi connectivity index (χ3n) is 6.54. The van der Waals surface area contributed by atoms with Gasteiger partial charge in [-0.05, 0) is 68.8 Å². The van der Waals surface area contributed by atoms with Gasteiger partial charge in [0.15, 0.2) is 0 Å². The Morgan fingerprint density at radius 2 is 1.83 bits per heavy atom. The Morgan fingerprint density at radius 1 is 1.09 bits per heavy atom. The molecular weight excluding hydrogens is 454 g/mol. The van der Waals surface area contributed by atoms with E-state index in [-0.39, 0.29) is 43.9 Å². The molecule has 3 N–H and O–H groups in total. The molecule has 9 heteroatoms. The molecule has 0 aromatic heterocycles. The quantitative estimate of drug-likeness (QED) is 0.0987. The van der Waals surface area contributed by atoms with E-state index in [1.165, 1.54) is 5.56 Å². The van der Waals surface area contributed by atoms with Crippen molar-refractivity contribution in [3.05, 3.63) is 58.2 Å². The van der Waals surface area contributed by atoms with Crippen LogP contribution >= 0.6 is 0 Å². The molecule has 1 fully saturated rings. The fraction of sp³-hybridized carbons (Fsp3) is 0.654. The van der Waals surface area contributed by atoms with E-state index in [9.17, 15) is 30.2 Å². The zero-order valence-corrected chi connectivity index (χ0v) is 20.2. The molecule has 0 amide bonds. The van der Waals surface area contributed by atoms with E-state index in [2.05, 4.69) is 4.84 Å². The van der Waals surface area contributed by atoms with E-state index in [0.29, 0.717) is 44.9 Å². The zero-order chi connectivity index (χ0) is 25.5. The number of aliphatic hydroxyl groups is 3. The van der Waals surface area contributed by atoms with Crippen LogP contribution in [0.2, 0.25) is 0 Å². The van der Waals surface area contributed by atoms with Crippen LogP contribution in [0.25, 0.3) is 0 Å². The van der Waals surface area contributed by atoms with Gasteiger partial charge >= 0.3 is 5.97 Å². The summed E-state index contributed by atoms with van der Waals surface area (Å²) in [4.78, 5) is 25.8. The molecule has 1 unspecified atom stereocenters. The lowest BCUT2D eigenvalue weighted by Gasteiger charge is -2.23. The Kier molecular flexibility index (Phi) is 13.3. The minimum atomic E-state index is -0.877. The topological polar surface area (TPSA) is 139 Å². The molecule has 196 valence electrons. The third kappa shape index (κ3) is 11.7. The number of allylic oxidation sites excluding steroid dienone is 2. The molecule has 2 rings (SSSR count). The van der Waals surface area contributed by atoms with Gasteiger partial charge in [-0.15, -0.1) is 10.1 Å². The molecule has 5 atom stereocenters. The number of aryl methyl sites for hydroxylation is 1. The van der Waals surface area contributed by atoms with Crippen molar-refractivity contribution in [1.82, 2.24) is 0 Å². The van der Waals surface area contributed by atoms with E-state index >= 15 is 0 Å². The Bertz CT molecular complexity index is 772. The number of carbonyl (C=O) groups excluding carboxylic acids is 1. The van der Waals surface area contributed by atoms with Crippen molar-refractivity contribution in [2.24, 2.45) is 11.8 Å². The average Bonchev–Trinajstić information content (AvgIpc) is 3.10. The summed E-state index contributed by atoms with van der Waals surface area (Å²) in [6.45, 7) is -0.00881. The van der Waals surface area contributed by atoms with Gasteiger partial charge in [-0.3, -0.25) is 4.79 Å². The highest BCUT2D eigenvalue weighted by molar-refractivity contribution is 5.69. The highest BCUT2D eigenvalue weighted by atomic mass is 16.9. The van der Waals surface area contributed by atoms with Gasteiger partial charge in [0, 0.05) is 12.8 Å². The molecule has 0 bridgehead atoms. The summed E-state index contributed by atoms with van der Waals surface area (Å²) < 4.78 is 4.99. The van der Waals surface area contributed by atoms with E-state index < -0.39 is 23.4 Å². The van der Waals surface area contributed by atoms with Gasteiger partial charge in [-0.25, -0.2) is 0 Å². The van der Waals surface area contributed by atoms with Gasteiger partial charge in [0.05, 0.1) is 31.5 Å². The molecule has 0 heterocycles. The van der Waals surface area contributed by atoms with Crippen LogP contribution in [0.5, 0.6) is 0 Å². The summed E-state index contributed by atoms with van der Waals surface area (Å²) >= 11 is 0. The lowest BCUT2D eigenvalue weighted by molar-refractivity contribution is -0.757. The molecular formula is C26H39NO8. The SMILES string of the molecule is O=C(CCC/C=C\C[C@H]1[C@H](CCC(O)CCc2ccccc2)[C@@H](O)C[C@@H]1O)OCCCO[N+](=O)[O-]. The second-order valence-corrected chi connectivity index (χ2v) is 9.18. The number of ether oxygens (including phenoxy) is 1. The normalized spacial score (nSPS) is 22.8. The van der Waals surface area contributed by atoms with E-state index in [1.54, 1.807) is 0 Å². The van der Waals surface area contributed by atoms with Crippen LogP contribution in [0, 0.1) is 22.0 Å². The van der Waals surface area contributed by atoms with Crippen molar-refractivity contribution in [3.8, 4) is 0 Å². The van der Waals surface area contributed by atoms with Gasteiger partial charge in [0.2, 0.25) is 0 Å². The Labute approximate surface area is 206 Å². The third-order valence-corrected chi connectivity index (χ3v) is 6.54.